The largest absolute Gasteiger partial charge is 0.497 e. The number of amides is 2. The second kappa shape index (κ2) is 11.0. The number of halogens is 2. The van der Waals surface area contributed by atoms with E-state index in [0.717, 1.165) is 5.56 Å². The third kappa shape index (κ3) is 5.91. The van der Waals surface area contributed by atoms with E-state index in [1.165, 1.54) is 11.8 Å². The molecule has 174 valence electrons. The highest BCUT2D eigenvalue weighted by Gasteiger charge is 2.39. The van der Waals surface area contributed by atoms with Crippen molar-refractivity contribution in [3.8, 4) is 5.75 Å². The molecule has 4 rings (SSSR count). The molecule has 1 saturated heterocycles. The van der Waals surface area contributed by atoms with Crippen LogP contribution in [0.25, 0.3) is 0 Å². The lowest BCUT2D eigenvalue weighted by Crippen LogP contribution is -2.33. The molecule has 1 N–H and O–H groups in total. The maximum absolute atomic E-state index is 13.3. The molecular weight excluding hydrogens is 493 g/mol. The van der Waals surface area contributed by atoms with Crippen LogP contribution >= 0.6 is 35.0 Å². The Labute approximate surface area is 211 Å². The van der Waals surface area contributed by atoms with Crippen molar-refractivity contribution in [2.75, 3.05) is 12.4 Å². The predicted octanol–water partition coefficient (Wildman–Crippen LogP) is 6.16. The van der Waals surface area contributed by atoms with Gasteiger partial charge in [0.25, 0.3) is 0 Å². The summed E-state index contributed by atoms with van der Waals surface area (Å²) in [7, 11) is 1.59. The Morgan fingerprint density at radius 2 is 1.76 bits per heavy atom. The number of benzene rings is 3. The fourth-order valence-corrected chi connectivity index (χ4v) is 4.83. The maximum atomic E-state index is 13.3. The van der Waals surface area contributed by atoms with Crippen molar-refractivity contribution in [3.05, 3.63) is 88.4 Å². The van der Waals surface area contributed by atoms with Crippen LogP contribution in [0.4, 0.5) is 11.4 Å². The topological polar surface area (TPSA) is 71.0 Å². The summed E-state index contributed by atoms with van der Waals surface area (Å²) >= 11 is 13.5. The fourth-order valence-electron chi connectivity index (χ4n) is 3.35. The van der Waals surface area contributed by atoms with Gasteiger partial charge < -0.3 is 10.1 Å². The average molecular weight is 514 g/mol. The van der Waals surface area contributed by atoms with E-state index in [1.54, 1.807) is 54.5 Å². The fraction of sp³-hybridized carbons (Fsp3) is 0.160. The average Bonchev–Trinajstić information content (AvgIpc) is 3.11. The van der Waals surface area contributed by atoms with Crippen LogP contribution in [0.3, 0.4) is 0 Å². The maximum Gasteiger partial charge on any atom is 0.242 e. The molecule has 9 heteroatoms. The minimum Gasteiger partial charge on any atom is -0.497 e. The lowest BCUT2D eigenvalue weighted by atomic mass is 10.2. The second-order valence-corrected chi connectivity index (χ2v) is 9.49. The minimum absolute atomic E-state index is 0.00673. The summed E-state index contributed by atoms with van der Waals surface area (Å²) in [5.41, 5.74) is 2.09. The number of carbonyl (C=O) groups is 2. The van der Waals surface area contributed by atoms with Crippen molar-refractivity contribution in [1.29, 1.82) is 0 Å². The molecule has 0 aliphatic carbocycles. The third-order valence-electron chi connectivity index (χ3n) is 5.10. The van der Waals surface area contributed by atoms with Crippen LogP contribution in [0.5, 0.6) is 5.75 Å². The first-order valence-electron chi connectivity index (χ1n) is 10.4. The van der Waals surface area contributed by atoms with E-state index >= 15 is 0 Å². The molecule has 2 amide bonds. The van der Waals surface area contributed by atoms with Gasteiger partial charge in [0.15, 0.2) is 5.17 Å². The Morgan fingerprint density at radius 1 is 1.06 bits per heavy atom. The zero-order chi connectivity index (χ0) is 24.1. The van der Waals surface area contributed by atoms with Crippen LogP contribution in [0, 0.1) is 0 Å². The number of methoxy groups -OCH3 is 1. The van der Waals surface area contributed by atoms with Gasteiger partial charge in [-0.25, -0.2) is 4.99 Å². The molecule has 1 atom stereocenters. The minimum atomic E-state index is -0.605. The van der Waals surface area contributed by atoms with Crippen molar-refractivity contribution in [1.82, 2.24) is 4.90 Å². The van der Waals surface area contributed by atoms with Gasteiger partial charge in [0, 0.05) is 22.2 Å². The number of rotatable bonds is 7. The zero-order valence-electron chi connectivity index (χ0n) is 18.2. The van der Waals surface area contributed by atoms with E-state index in [9.17, 15) is 9.59 Å². The van der Waals surface area contributed by atoms with Crippen molar-refractivity contribution in [2.24, 2.45) is 4.99 Å². The van der Waals surface area contributed by atoms with Gasteiger partial charge in [0.1, 0.15) is 11.0 Å². The third-order valence-corrected chi connectivity index (χ3v) is 6.90. The lowest BCUT2D eigenvalue weighted by Gasteiger charge is -2.17. The Hall–Kier alpha value is -3.00. The molecule has 1 aliphatic heterocycles. The van der Waals surface area contributed by atoms with Gasteiger partial charge in [-0.2, -0.15) is 0 Å². The molecule has 1 aliphatic rings. The normalized spacial score (nSPS) is 16.7. The second-order valence-electron chi connectivity index (χ2n) is 7.47. The van der Waals surface area contributed by atoms with Crippen LogP contribution < -0.4 is 10.1 Å². The molecule has 0 saturated carbocycles. The molecule has 3 aromatic rings. The quantitative estimate of drug-likeness (QED) is 0.410. The summed E-state index contributed by atoms with van der Waals surface area (Å²) < 4.78 is 5.20. The molecule has 1 unspecified atom stereocenters. The van der Waals surface area contributed by atoms with Crippen LogP contribution in [0.15, 0.2) is 77.8 Å². The highest BCUT2D eigenvalue weighted by molar-refractivity contribution is 8.15. The van der Waals surface area contributed by atoms with Gasteiger partial charge >= 0.3 is 0 Å². The molecule has 1 fully saturated rings. The lowest BCUT2D eigenvalue weighted by molar-refractivity contribution is -0.128. The number of anilines is 1. The molecule has 1 heterocycles. The van der Waals surface area contributed by atoms with E-state index in [2.05, 4.69) is 10.3 Å². The molecule has 6 nitrogen and oxygen atoms in total. The Morgan fingerprint density at radius 3 is 2.44 bits per heavy atom. The molecule has 34 heavy (non-hydrogen) atoms. The highest BCUT2D eigenvalue weighted by Crippen LogP contribution is 2.34. The number of nitrogens with zero attached hydrogens (tertiary/aromatic N) is 2. The first kappa shape index (κ1) is 24.1. The molecule has 0 radical (unpaired) electrons. The van der Waals surface area contributed by atoms with Crippen LogP contribution in [-0.2, 0) is 16.1 Å². The van der Waals surface area contributed by atoms with Crippen molar-refractivity contribution < 1.29 is 14.3 Å². The summed E-state index contributed by atoms with van der Waals surface area (Å²) in [4.78, 5) is 32.2. The van der Waals surface area contributed by atoms with Crippen molar-refractivity contribution in [2.45, 2.75) is 18.2 Å². The summed E-state index contributed by atoms with van der Waals surface area (Å²) in [6.07, 6.45) is 0.00673. The molecule has 3 aromatic carbocycles. The number of amidine groups is 1. The summed E-state index contributed by atoms with van der Waals surface area (Å²) in [5, 5.41) is 3.86. The van der Waals surface area contributed by atoms with Gasteiger partial charge in [0.2, 0.25) is 11.8 Å². The standard InChI is InChI=1S/C25H21Cl2N3O3S/c1-33-20-12-10-19(11-13-20)29-25-30(15-16-4-2-3-5-21(16)27)24(32)22(34-25)14-23(31)28-18-8-6-17(26)7-9-18/h2-13,22H,14-15H2,1H3,(H,28,31). The number of aliphatic imine (C=N–C) groups is 1. The Kier molecular flexibility index (Phi) is 7.77. The van der Waals surface area contributed by atoms with E-state index < -0.39 is 5.25 Å². The van der Waals surface area contributed by atoms with Crippen molar-refractivity contribution >= 4 is 63.3 Å². The number of ether oxygens (including phenoxy) is 1. The SMILES string of the molecule is COc1ccc(N=C2SC(CC(=O)Nc3ccc(Cl)cc3)C(=O)N2Cc2ccccc2Cl)cc1. The van der Waals surface area contributed by atoms with Crippen LogP contribution in [0.1, 0.15) is 12.0 Å². The Bertz CT molecular complexity index is 1220. The number of nitrogens with one attached hydrogen (secondary N) is 1. The summed E-state index contributed by atoms with van der Waals surface area (Å²) in [5.74, 6) is 0.253. The monoisotopic (exact) mass is 513 g/mol. The van der Waals surface area contributed by atoms with E-state index in [0.29, 0.717) is 32.3 Å². The number of carbonyl (C=O) groups excluding carboxylic acids is 2. The van der Waals surface area contributed by atoms with E-state index in [1.807, 2.05) is 30.3 Å². The van der Waals surface area contributed by atoms with E-state index in [-0.39, 0.29) is 24.8 Å². The van der Waals surface area contributed by atoms with Gasteiger partial charge in [-0.1, -0.05) is 53.2 Å². The molecular formula is C25H21Cl2N3O3S. The smallest absolute Gasteiger partial charge is 0.242 e. The molecule has 0 bridgehead atoms. The predicted molar refractivity (Wildman–Crippen MR) is 138 cm³/mol. The molecule has 0 aromatic heterocycles. The van der Waals surface area contributed by atoms with Gasteiger partial charge in [-0.3, -0.25) is 14.5 Å². The van der Waals surface area contributed by atoms with Gasteiger partial charge in [0.05, 0.1) is 19.3 Å². The van der Waals surface area contributed by atoms with Gasteiger partial charge in [-0.05, 0) is 60.2 Å². The summed E-state index contributed by atoms with van der Waals surface area (Å²) in [6, 6.07) is 21.4. The van der Waals surface area contributed by atoms with Crippen LogP contribution in [-0.4, -0.2) is 34.2 Å². The first-order valence-corrected chi connectivity index (χ1v) is 12.1. The number of thioether (sulfide) groups is 1. The van der Waals surface area contributed by atoms with Crippen LogP contribution in [0.2, 0.25) is 10.0 Å². The number of hydrogen-bond acceptors (Lipinski definition) is 5. The summed E-state index contributed by atoms with van der Waals surface area (Å²) in [6.45, 7) is 0.260. The van der Waals surface area contributed by atoms with Gasteiger partial charge in [-0.15, -0.1) is 0 Å². The molecule has 0 spiro atoms. The van der Waals surface area contributed by atoms with Crippen molar-refractivity contribution in [3.63, 3.8) is 0 Å². The zero-order valence-corrected chi connectivity index (χ0v) is 20.5. The number of hydrogen-bond donors (Lipinski definition) is 1. The highest BCUT2D eigenvalue weighted by atomic mass is 35.5. The Balaban J connectivity index is 1.55. The van der Waals surface area contributed by atoms with E-state index in [4.69, 9.17) is 27.9 Å². The first-order chi connectivity index (χ1) is 16.4.